The monoisotopic (exact) mass is 246 g/mol. The molecule has 0 aliphatic rings. The van der Waals surface area contributed by atoms with Crippen molar-refractivity contribution in [2.24, 2.45) is 0 Å². The summed E-state index contributed by atoms with van der Waals surface area (Å²) in [5.74, 6) is 2.02. The second-order valence-electron chi connectivity index (χ2n) is 4.13. The van der Waals surface area contributed by atoms with E-state index in [1.54, 1.807) is 0 Å². The van der Waals surface area contributed by atoms with Crippen molar-refractivity contribution < 1.29 is 4.74 Å². The maximum Gasteiger partial charge on any atom is 0.123 e. The van der Waals surface area contributed by atoms with Crippen molar-refractivity contribution in [1.82, 2.24) is 0 Å². The normalized spacial score (nSPS) is 10.8. The molecule has 2 aromatic carbocycles. The molecular weight excluding hydrogens is 228 g/mol. The quantitative estimate of drug-likeness (QED) is 0.790. The standard InChI is InChI=1S/C15H18OS/c1-4-16-15-8-7-12-6-5-11(2)9-13(12)14(15)10-17-3/h5-9H,4,10H2,1-3H3. The van der Waals surface area contributed by atoms with Crippen LogP contribution in [0.25, 0.3) is 10.8 Å². The predicted molar refractivity (Wildman–Crippen MR) is 77.1 cm³/mol. The van der Waals surface area contributed by atoms with E-state index in [-0.39, 0.29) is 0 Å². The third kappa shape index (κ3) is 2.58. The van der Waals surface area contributed by atoms with Gasteiger partial charge in [0, 0.05) is 11.3 Å². The Kier molecular flexibility index (Phi) is 3.95. The Balaban J connectivity index is 2.63. The zero-order chi connectivity index (χ0) is 12.3. The van der Waals surface area contributed by atoms with Crippen LogP contribution in [0.2, 0.25) is 0 Å². The largest absolute Gasteiger partial charge is 0.494 e. The van der Waals surface area contributed by atoms with E-state index in [0.717, 1.165) is 18.1 Å². The summed E-state index contributed by atoms with van der Waals surface area (Å²) in [6, 6.07) is 10.8. The average Bonchev–Trinajstić information content (AvgIpc) is 2.33. The Labute approximate surface area is 107 Å². The average molecular weight is 246 g/mol. The molecule has 2 aromatic rings. The highest BCUT2D eigenvalue weighted by atomic mass is 32.2. The Morgan fingerprint density at radius 3 is 2.65 bits per heavy atom. The highest BCUT2D eigenvalue weighted by Crippen LogP contribution is 2.31. The van der Waals surface area contributed by atoms with E-state index in [1.165, 1.54) is 21.9 Å². The lowest BCUT2D eigenvalue weighted by Gasteiger charge is -2.13. The molecule has 0 saturated carbocycles. The third-order valence-corrected chi connectivity index (χ3v) is 3.41. The summed E-state index contributed by atoms with van der Waals surface area (Å²) in [6.45, 7) is 4.89. The fraction of sp³-hybridized carbons (Fsp3) is 0.333. The highest BCUT2D eigenvalue weighted by Gasteiger charge is 2.08. The topological polar surface area (TPSA) is 9.23 Å². The molecule has 0 spiro atoms. The number of aryl methyl sites for hydroxylation is 1. The minimum Gasteiger partial charge on any atom is -0.494 e. The zero-order valence-electron chi connectivity index (χ0n) is 10.6. The molecule has 0 N–H and O–H groups in total. The van der Waals surface area contributed by atoms with Gasteiger partial charge in [0.15, 0.2) is 0 Å². The van der Waals surface area contributed by atoms with Crippen LogP contribution in [0.3, 0.4) is 0 Å². The summed E-state index contributed by atoms with van der Waals surface area (Å²) in [4.78, 5) is 0. The molecule has 0 radical (unpaired) electrons. The third-order valence-electron chi connectivity index (χ3n) is 2.83. The van der Waals surface area contributed by atoms with E-state index in [9.17, 15) is 0 Å². The maximum atomic E-state index is 5.72. The molecule has 2 rings (SSSR count). The van der Waals surface area contributed by atoms with Crippen molar-refractivity contribution in [2.45, 2.75) is 19.6 Å². The second-order valence-corrected chi connectivity index (χ2v) is 5.00. The minimum atomic E-state index is 0.721. The van der Waals surface area contributed by atoms with Crippen LogP contribution in [0, 0.1) is 6.92 Å². The van der Waals surface area contributed by atoms with E-state index >= 15 is 0 Å². The van der Waals surface area contributed by atoms with Gasteiger partial charge in [0.2, 0.25) is 0 Å². The molecule has 0 aromatic heterocycles. The van der Waals surface area contributed by atoms with Gasteiger partial charge in [-0.25, -0.2) is 0 Å². The molecule has 0 saturated heterocycles. The van der Waals surface area contributed by atoms with E-state index in [2.05, 4.69) is 43.5 Å². The summed E-state index contributed by atoms with van der Waals surface area (Å²) in [7, 11) is 0. The molecule has 2 heteroatoms. The fourth-order valence-corrected chi connectivity index (χ4v) is 2.65. The van der Waals surface area contributed by atoms with Crippen LogP contribution >= 0.6 is 11.8 Å². The first-order valence-corrected chi connectivity index (χ1v) is 7.29. The molecule has 0 aliphatic carbocycles. The molecule has 0 heterocycles. The van der Waals surface area contributed by atoms with Crippen LogP contribution in [0.15, 0.2) is 30.3 Å². The first-order valence-electron chi connectivity index (χ1n) is 5.90. The Morgan fingerprint density at radius 1 is 1.18 bits per heavy atom. The van der Waals surface area contributed by atoms with Crippen LogP contribution in [0.4, 0.5) is 0 Å². The molecule has 17 heavy (non-hydrogen) atoms. The minimum absolute atomic E-state index is 0.721. The van der Waals surface area contributed by atoms with Crippen molar-refractivity contribution in [3.63, 3.8) is 0 Å². The first kappa shape index (κ1) is 12.3. The van der Waals surface area contributed by atoms with E-state index < -0.39 is 0 Å². The predicted octanol–water partition coefficient (Wildman–Crippen LogP) is 4.41. The Bertz CT molecular complexity index is 520. The summed E-state index contributed by atoms with van der Waals surface area (Å²) in [5.41, 5.74) is 2.62. The van der Waals surface area contributed by atoms with Crippen molar-refractivity contribution in [3.05, 3.63) is 41.5 Å². The molecule has 1 nitrogen and oxygen atoms in total. The van der Waals surface area contributed by atoms with Crippen LogP contribution in [0.5, 0.6) is 5.75 Å². The van der Waals surface area contributed by atoms with Gasteiger partial charge < -0.3 is 4.74 Å². The van der Waals surface area contributed by atoms with Gasteiger partial charge in [-0.3, -0.25) is 0 Å². The number of ether oxygens (including phenoxy) is 1. The summed E-state index contributed by atoms with van der Waals surface area (Å²) in [5, 5.41) is 2.62. The van der Waals surface area contributed by atoms with Crippen LogP contribution in [-0.4, -0.2) is 12.9 Å². The molecule has 0 atom stereocenters. The van der Waals surface area contributed by atoms with Crippen molar-refractivity contribution in [3.8, 4) is 5.75 Å². The number of rotatable bonds is 4. The lowest BCUT2D eigenvalue weighted by atomic mass is 10.0. The van der Waals surface area contributed by atoms with Gasteiger partial charge in [0.05, 0.1) is 6.61 Å². The van der Waals surface area contributed by atoms with Crippen molar-refractivity contribution in [1.29, 1.82) is 0 Å². The van der Waals surface area contributed by atoms with Crippen molar-refractivity contribution >= 4 is 22.5 Å². The van der Waals surface area contributed by atoms with E-state index in [4.69, 9.17) is 4.74 Å². The van der Waals surface area contributed by atoms with Gasteiger partial charge in [-0.05, 0) is 36.9 Å². The molecule has 0 unspecified atom stereocenters. The molecule has 0 fully saturated rings. The molecule has 0 bridgehead atoms. The maximum absolute atomic E-state index is 5.72. The van der Waals surface area contributed by atoms with Gasteiger partial charge in [-0.2, -0.15) is 11.8 Å². The summed E-state index contributed by atoms with van der Waals surface area (Å²) >= 11 is 1.84. The zero-order valence-corrected chi connectivity index (χ0v) is 11.4. The number of hydrogen-bond donors (Lipinski definition) is 0. The number of hydrogen-bond acceptors (Lipinski definition) is 2. The molecule has 90 valence electrons. The highest BCUT2D eigenvalue weighted by molar-refractivity contribution is 7.97. The summed E-state index contributed by atoms with van der Waals surface area (Å²) < 4.78 is 5.72. The number of thioether (sulfide) groups is 1. The van der Waals surface area contributed by atoms with Gasteiger partial charge in [0.25, 0.3) is 0 Å². The molecule has 0 aliphatic heterocycles. The van der Waals surface area contributed by atoms with Crippen LogP contribution in [-0.2, 0) is 5.75 Å². The summed E-state index contributed by atoms with van der Waals surface area (Å²) in [6.07, 6.45) is 2.13. The van der Waals surface area contributed by atoms with Gasteiger partial charge >= 0.3 is 0 Å². The molecule has 0 amide bonds. The number of fused-ring (bicyclic) bond motifs is 1. The van der Waals surface area contributed by atoms with Crippen molar-refractivity contribution in [2.75, 3.05) is 12.9 Å². The smallest absolute Gasteiger partial charge is 0.123 e. The van der Waals surface area contributed by atoms with Gasteiger partial charge in [-0.1, -0.05) is 29.8 Å². The van der Waals surface area contributed by atoms with Gasteiger partial charge in [0.1, 0.15) is 5.75 Å². The molecular formula is C15H18OS. The second kappa shape index (κ2) is 5.46. The van der Waals surface area contributed by atoms with E-state index in [1.807, 2.05) is 18.7 Å². The Morgan fingerprint density at radius 2 is 1.94 bits per heavy atom. The lowest BCUT2D eigenvalue weighted by molar-refractivity contribution is 0.338. The SMILES string of the molecule is CCOc1ccc2ccc(C)cc2c1CSC. The van der Waals surface area contributed by atoms with Gasteiger partial charge in [-0.15, -0.1) is 0 Å². The lowest BCUT2D eigenvalue weighted by Crippen LogP contribution is -1.97. The number of benzene rings is 2. The Hall–Kier alpha value is -1.15. The van der Waals surface area contributed by atoms with Crippen LogP contribution < -0.4 is 4.74 Å². The van der Waals surface area contributed by atoms with E-state index in [0.29, 0.717) is 0 Å². The fourth-order valence-electron chi connectivity index (χ4n) is 2.06. The van der Waals surface area contributed by atoms with Crippen LogP contribution in [0.1, 0.15) is 18.1 Å². The first-order chi connectivity index (χ1) is 8.26.